The molecule has 0 saturated heterocycles. The van der Waals surface area contributed by atoms with Gasteiger partial charge in [-0.1, -0.05) is 0 Å². The molecule has 0 aromatic heterocycles. The molecule has 0 aliphatic rings. The van der Waals surface area contributed by atoms with Crippen LogP contribution in [0.15, 0.2) is 18.2 Å². The number of hydrogen-bond donors (Lipinski definition) is 1. The van der Waals surface area contributed by atoms with Crippen LogP contribution in [0.3, 0.4) is 0 Å². The monoisotopic (exact) mass is 334 g/mol. The zero-order valence-corrected chi connectivity index (χ0v) is 13.1. The number of aryl methyl sites for hydroxylation is 1. The van der Waals surface area contributed by atoms with Crippen LogP contribution < -0.4 is 4.74 Å². The zero-order chi connectivity index (χ0) is 16.6. The van der Waals surface area contributed by atoms with Crippen LogP contribution in [0.2, 0.25) is 0 Å². The van der Waals surface area contributed by atoms with E-state index in [9.17, 15) is 17.6 Å². The average molecular weight is 334 g/mol. The lowest BCUT2D eigenvalue weighted by Gasteiger charge is -2.09. The predicted octanol–water partition coefficient (Wildman–Crippen LogP) is 1.98. The first kappa shape index (κ1) is 18.4. The van der Waals surface area contributed by atoms with E-state index >= 15 is 0 Å². The number of hydrogen-bond acceptors (Lipinski definition) is 5. The summed E-state index contributed by atoms with van der Waals surface area (Å²) in [5.41, 5.74) is 0.396. The molecule has 1 rings (SSSR count). The van der Waals surface area contributed by atoms with Gasteiger partial charge in [0.15, 0.2) is 0 Å². The number of carboxylic acid groups (broad SMARTS) is 1. The summed E-state index contributed by atoms with van der Waals surface area (Å²) in [6.45, 7) is 0.219. The lowest BCUT2D eigenvalue weighted by Crippen LogP contribution is -2.06. The molecule has 6 nitrogen and oxygen atoms in total. The van der Waals surface area contributed by atoms with Gasteiger partial charge < -0.3 is 9.84 Å². The van der Waals surface area contributed by atoms with Crippen molar-refractivity contribution in [3.05, 3.63) is 29.6 Å². The van der Waals surface area contributed by atoms with Crippen LogP contribution in [-0.4, -0.2) is 39.0 Å². The molecule has 124 valence electrons. The number of aliphatic carboxylic acids is 1. The average Bonchev–Trinajstić information content (AvgIpc) is 2.41. The molecule has 0 atom stereocenters. The van der Waals surface area contributed by atoms with Crippen LogP contribution in [0.4, 0.5) is 4.39 Å². The third-order valence-corrected chi connectivity index (χ3v) is 3.30. The van der Waals surface area contributed by atoms with E-state index < -0.39 is 21.9 Å². The Balaban J connectivity index is 2.46. The molecule has 22 heavy (non-hydrogen) atoms. The molecule has 0 radical (unpaired) electrons. The van der Waals surface area contributed by atoms with E-state index in [0.717, 1.165) is 6.26 Å². The number of benzene rings is 1. The predicted molar refractivity (Wildman–Crippen MR) is 77.9 cm³/mol. The quantitative estimate of drug-likeness (QED) is 0.520. The van der Waals surface area contributed by atoms with Crippen LogP contribution >= 0.6 is 0 Å². The Kier molecular flexibility index (Phi) is 7.26. The molecule has 0 unspecified atom stereocenters. The van der Waals surface area contributed by atoms with Gasteiger partial charge in [-0.15, -0.1) is 0 Å². The van der Waals surface area contributed by atoms with E-state index in [1.54, 1.807) is 0 Å². The van der Waals surface area contributed by atoms with Crippen molar-refractivity contribution in [3.63, 3.8) is 0 Å². The van der Waals surface area contributed by atoms with Gasteiger partial charge in [-0.25, -0.2) is 4.39 Å². The Morgan fingerprint density at radius 3 is 2.64 bits per heavy atom. The second kappa shape index (κ2) is 8.70. The highest BCUT2D eigenvalue weighted by molar-refractivity contribution is 7.85. The maximum absolute atomic E-state index is 13.6. The number of rotatable bonds is 10. The minimum absolute atomic E-state index is 0.0108. The topological polar surface area (TPSA) is 89.9 Å². The van der Waals surface area contributed by atoms with Crippen molar-refractivity contribution in [2.75, 3.05) is 19.5 Å². The lowest BCUT2D eigenvalue weighted by atomic mass is 10.1. The Morgan fingerprint density at radius 1 is 1.27 bits per heavy atom. The maximum atomic E-state index is 13.6. The van der Waals surface area contributed by atoms with Gasteiger partial charge in [0.05, 0.1) is 19.5 Å². The van der Waals surface area contributed by atoms with Gasteiger partial charge in [0.2, 0.25) is 0 Å². The molecule has 0 bridgehead atoms. The normalized spacial score (nSPS) is 11.4. The molecule has 0 heterocycles. The molecule has 0 aliphatic carbocycles. The molecule has 0 aliphatic heterocycles. The molecule has 0 amide bonds. The Hall–Kier alpha value is -1.67. The third kappa shape index (κ3) is 7.94. The van der Waals surface area contributed by atoms with Gasteiger partial charge in [0.25, 0.3) is 10.1 Å². The summed E-state index contributed by atoms with van der Waals surface area (Å²) < 4.78 is 45.2. The smallest absolute Gasteiger partial charge is 0.303 e. The van der Waals surface area contributed by atoms with Crippen molar-refractivity contribution in [2.24, 2.45) is 0 Å². The van der Waals surface area contributed by atoms with Crippen molar-refractivity contribution in [3.8, 4) is 5.75 Å². The SMILES string of the molecule is CS(=O)(=O)OCCCc1cc(OCCCC(=O)O)ccc1F. The highest BCUT2D eigenvalue weighted by Gasteiger charge is 2.07. The van der Waals surface area contributed by atoms with E-state index in [1.807, 2.05) is 0 Å². The van der Waals surface area contributed by atoms with E-state index in [-0.39, 0.29) is 19.6 Å². The first-order chi connectivity index (χ1) is 10.3. The molecule has 0 saturated carbocycles. The van der Waals surface area contributed by atoms with E-state index in [4.69, 9.17) is 9.84 Å². The summed E-state index contributed by atoms with van der Waals surface area (Å²) in [4.78, 5) is 10.4. The van der Waals surface area contributed by atoms with Gasteiger partial charge in [0, 0.05) is 6.42 Å². The third-order valence-electron chi connectivity index (χ3n) is 2.71. The van der Waals surface area contributed by atoms with Crippen LogP contribution in [0.5, 0.6) is 5.75 Å². The highest BCUT2D eigenvalue weighted by atomic mass is 32.2. The Morgan fingerprint density at radius 2 is 2.00 bits per heavy atom. The molecular formula is C14H19FO6S. The standard InChI is InChI=1S/C14H19FO6S/c1-22(18,19)21-9-2-4-11-10-12(6-7-13(11)15)20-8-3-5-14(16)17/h6-7,10H,2-5,8-9H2,1H3,(H,16,17). The van der Waals surface area contributed by atoms with Crippen molar-refractivity contribution >= 4 is 16.1 Å². The maximum Gasteiger partial charge on any atom is 0.303 e. The zero-order valence-electron chi connectivity index (χ0n) is 12.2. The van der Waals surface area contributed by atoms with Crippen LogP contribution in [0.25, 0.3) is 0 Å². The minimum Gasteiger partial charge on any atom is -0.494 e. The van der Waals surface area contributed by atoms with Crippen molar-refractivity contribution in [2.45, 2.75) is 25.7 Å². The van der Waals surface area contributed by atoms with Crippen molar-refractivity contribution in [1.29, 1.82) is 0 Å². The van der Waals surface area contributed by atoms with Gasteiger partial charge in [-0.3, -0.25) is 8.98 Å². The fourth-order valence-electron chi connectivity index (χ4n) is 1.72. The summed E-state index contributed by atoms with van der Waals surface area (Å²) >= 11 is 0. The number of halogens is 1. The van der Waals surface area contributed by atoms with Gasteiger partial charge in [0.1, 0.15) is 11.6 Å². The fraction of sp³-hybridized carbons (Fsp3) is 0.500. The number of carboxylic acids is 1. The van der Waals surface area contributed by atoms with Crippen molar-refractivity contribution in [1.82, 2.24) is 0 Å². The van der Waals surface area contributed by atoms with E-state index in [1.165, 1.54) is 18.2 Å². The first-order valence-electron chi connectivity index (χ1n) is 6.75. The van der Waals surface area contributed by atoms with E-state index in [2.05, 4.69) is 4.18 Å². The Labute approximate surface area is 129 Å². The molecule has 0 spiro atoms. The summed E-state index contributed by atoms with van der Waals surface area (Å²) in [6, 6.07) is 4.25. The molecule has 1 aromatic carbocycles. The first-order valence-corrected chi connectivity index (χ1v) is 8.57. The molecule has 0 fully saturated rings. The highest BCUT2D eigenvalue weighted by Crippen LogP contribution is 2.18. The van der Waals surface area contributed by atoms with Crippen LogP contribution in [0.1, 0.15) is 24.8 Å². The molecule has 1 aromatic rings. The van der Waals surface area contributed by atoms with Gasteiger partial charge >= 0.3 is 5.97 Å². The minimum atomic E-state index is -3.49. The largest absolute Gasteiger partial charge is 0.494 e. The molecule has 8 heteroatoms. The van der Waals surface area contributed by atoms with Gasteiger partial charge in [-0.2, -0.15) is 8.42 Å². The summed E-state index contributed by atoms with van der Waals surface area (Å²) in [5, 5.41) is 8.51. The second-order valence-corrected chi connectivity index (χ2v) is 6.37. The van der Waals surface area contributed by atoms with E-state index in [0.29, 0.717) is 30.6 Å². The van der Waals surface area contributed by atoms with Crippen LogP contribution in [0, 0.1) is 5.82 Å². The summed E-state index contributed by atoms with van der Waals surface area (Å²) in [7, 11) is -3.49. The molecule has 1 N–H and O–H groups in total. The molecular weight excluding hydrogens is 315 g/mol. The summed E-state index contributed by atoms with van der Waals surface area (Å²) in [6.07, 6.45) is 2.00. The van der Waals surface area contributed by atoms with Crippen LogP contribution in [-0.2, 0) is 25.5 Å². The number of carbonyl (C=O) groups is 1. The lowest BCUT2D eigenvalue weighted by molar-refractivity contribution is -0.137. The fourth-order valence-corrected chi connectivity index (χ4v) is 2.14. The summed E-state index contributed by atoms with van der Waals surface area (Å²) in [5.74, 6) is -0.850. The Bertz CT molecular complexity index is 599. The second-order valence-electron chi connectivity index (χ2n) is 4.73. The number of ether oxygens (including phenoxy) is 1. The van der Waals surface area contributed by atoms with Gasteiger partial charge in [-0.05, 0) is 43.0 Å². The van der Waals surface area contributed by atoms with Crippen molar-refractivity contribution < 1.29 is 31.6 Å².